The SMILES string of the molecule is CCC[NH+](CF)c1cc(F)ccc1F.CCc1c(F)c(F)c(F)c2c(F)c(F)c(F)c([B-](c3c(F)c(F)c(F)c4c(F)c(F)c(F)c(CC)c34)(c3c(F)c(F)c(F)c4c(F)c(F)c(F)c(CC)c34)c3c(F)c(F)c(F)c4c(F)c(F)c(F)c(CC)c34)c12. The van der Waals surface area contributed by atoms with Gasteiger partial charge in [-0.1, -0.05) is 34.6 Å². The molecule has 1 nitrogen and oxygen atoms in total. The lowest BCUT2D eigenvalue weighted by molar-refractivity contribution is -0.848. The van der Waals surface area contributed by atoms with Crippen LogP contribution < -0.4 is 26.8 Å². The molecule has 87 heavy (non-hydrogen) atoms. The Bertz CT molecular complexity index is 3900. The Kier molecular flexibility index (Phi) is 17.7. The van der Waals surface area contributed by atoms with E-state index in [2.05, 4.69) is 0 Å². The molecule has 0 aliphatic carbocycles. The van der Waals surface area contributed by atoms with E-state index < -0.39 is 277 Å². The zero-order chi connectivity index (χ0) is 65.0. The van der Waals surface area contributed by atoms with Gasteiger partial charge in [-0.15, -0.1) is 21.9 Å². The average Bonchev–Trinajstić information content (AvgIpc) is 0.673. The van der Waals surface area contributed by atoms with Crippen molar-refractivity contribution in [3.05, 3.63) is 192 Å². The molecule has 9 aromatic rings. The molecule has 9 rings (SSSR count). The Morgan fingerprint density at radius 2 is 0.517 bits per heavy atom. The van der Waals surface area contributed by atoms with Crippen LogP contribution in [0.3, 0.4) is 0 Å². The van der Waals surface area contributed by atoms with Crippen molar-refractivity contribution in [1.82, 2.24) is 0 Å². The highest BCUT2D eigenvalue weighted by Crippen LogP contribution is 2.43. The third-order valence-corrected chi connectivity index (χ3v) is 15.3. The molecular weight excluding hydrogens is 1230 g/mol. The number of fused-ring (bicyclic) bond motifs is 4. The van der Waals surface area contributed by atoms with Crippen molar-refractivity contribution in [3.63, 3.8) is 0 Å². The quantitative estimate of drug-likeness (QED) is 0.0538. The van der Waals surface area contributed by atoms with Gasteiger partial charge in [0.05, 0.1) is 28.1 Å². The van der Waals surface area contributed by atoms with Crippen molar-refractivity contribution < 1.29 is 123 Å². The smallest absolute Gasteiger partial charge is 0.225 e. The summed E-state index contributed by atoms with van der Waals surface area (Å²) < 4.78 is 437. The van der Waals surface area contributed by atoms with Crippen LogP contribution in [0.2, 0.25) is 0 Å². The summed E-state index contributed by atoms with van der Waals surface area (Å²) in [7, 11) is 0. The summed E-state index contributed by atoms with van der Waals surface area (Å²) in [5, 5.41) is -19.9. The van der Waals surface area contributed by atoms with Gasteiger partial charge in [-0.3, -0.25) is 4.90 Å². The highest BCUT2D eigenvalue weighted by molar-refractivity contribution is 7.23. The second-order valence-electron chi connectivity index (χ2n) is 19.5. The van der Waals surface area contributed by atoms with E-state index in [-0.39, 0.29) is 5.69 Å². The van der Waals surface area contributed by atoms with E-state index in [4.69, 9.17) is 0 Å². The van der Waals surface area contributed by atoms with Crippen LogP contribution in [0.25, 0.3) is 43.1 Å². The maximum absolute atomic E-state index is 18.1. The third-order valence-electron chi connectivity index (χ3n) is 15.3. The number of benzene rings is 9. The molecule has 0 spiro atoms. The molecule has 0 radical (unpaired) electrons. The molecule has 1 atom stereocenters. The Morgan fingerprint density at radius 1 is 0.287 bits per heavy atom. The van der Waals surface area contributed by atoms with E-state index in [1.807, 2.05) is 6.92 Å². The zero-order valence-corrected chi connectivity index (χ0v) is 44.5. The second-order valence-corrected chi connectivity index (χ2v) is 19.5. The molecule has 0 fully saturated rings. The van der Waals surface area contributed by atoms with E-state index in [1.54, 1.807) is 0 Å². The molecule has 0 saturated carbocycles. The van der Waals surface area contributed by atoms with Crippen molar-refractivity contribution >= 4 is 76.8 Å². The van der Waals surface area contributed by atoms with Crippen LogP contribution >= 0.6 is 0 Å². The summed E-state index contributed by atoms with van der Waals surface area (Å²) >= 11 is 0. The molecule has 0 bridgehead atoms. The van der Waals surface area contributed by atoms with Gasteiger partial charge >= 0.3 is 0 Å². The van der Waals surface area contributed by atoms with E-state index in [0.717, 1.165) is 24.6 Å². The minimum atomic E-state index is -7.12. The Hall–Kier alpha value is -7.85. The summed E-state index contributed by atoms with van der Waals surface area (Å²) in [5.41, 5.74) is -19.4. The lowest BCUT2D eigenvalue weighted by Crippen LogP contribution is -3.06. The van der Waals surface area contributed by atoms with Gasteiger partial charge < -0.3 is 0 Å². The van der Waals surface area contributed by atoms with Gasteiger partial charge in [-0.05, 0) is 88.0 Å². The maximum Gasteiger partial charge on any atom is 0.225 e. The topological polar surface area (TPSA) is 4.44 Å². The first-order chi connectivity index (χ1) is 40.8. The van der Waals surface area contributed by atoms with Crippen molar-refractivity contribution in [3.8, 4) is 0 Å². The summed E-state index contributed by atoms with van der Waals surface area (Å²) in [4.78, 5) is 0.324. The number of nitrogens with one attached hydrogen (secondary N) is 1. The predicted octanol–water partition coefficient (Wildman–Crippen LogP) is 15.1. The van der Waals surface area contributed by atoms with Gasteiger partial charge in [0, 0.05) is 6.07 Å². The van der Waals surface area contributed by atoms with Crippen LogP contribution in [-0.2, 0) is 25.7 Å². The fraction of sp³-hybridized carbons (Fsp3) is 0.207. The summed E-state index contributed by atoms with van der Waals surface area (Å²) in [6, 6.07) is 3.09. The standard InChI is InChI=1S/C48H20BF24.C10H12F3N/c1-5-9-13-17(29(54)41(66)25(9)50)33(58)45(70)37(62)21(13)49(22-14-10(6-2)26(51)42(67)30(55)18(14)34(59)46(71)38(22)63,23-15-11(7-3)27(52)43(68)31(56)19(15)35(60)47(72)39(23)64)24-16-12(8-4)28(53)44(69)32(57)20(16)36(61)48(73)40(24)65;1-2-5-14(7-11)10-6-8(12)3-4-9(10)13/h5-8H2,1-4H3;3-4,6H,2,5,7H2,1H3/q-1;/p+1. The van der Waals surface area contributed by atoms with Crippen LogP contribution in [0.1, 0.15) is 63.3 Å². The normalized spacial score (nSPS) is 12.4. The molecular formula is C58H33BF27N. The maximum atomic E-state index is 18.1. The van der Waals surface area contributed by atoms with Gasteiger partial charge in [0.1, 0.15) is 35.2 Å². The fourth-order valence-electron chi connectivity index (χ4n) is 11.7. The lowest BCUT2D eigenvalue weighted by Gasteiger charge is -2.48. The van der Waals surface area contributed by atoms with Crippen molar-refractivity contribution in [2.24, 2.45) is 0 Å². The molecule has 29 heteroatoms. The van der Waals surface area contributed by atoms with E-state index >= 15 is 105 Å². The molecule has 1 N–H and O–H groups in total. The van der Waals surface area contributed by atoms with Gasteiger partial charge in [0.15, 0.2) is 128 Å². The highest BCUT2D eigenvalue weighted by Gasteiger charge is 2.51. The highest BCUT2D eigenvalue weighted by atomic mass is 19.2. The summed E-state index contributed by atoms with van der Waals surface area (Å²) in [6.07, 6.45) is -12.3. The number of rotatable bonds is 12. The van der Waals surface area contributed by atoms with Crippen molar-refractivity contribution in [1.29, 1.82) is 0 Å². The Labute approximate surface area is 471 Å². The molecule has 462 valence electrons. The summed E-state index contributed by atoms with van der Waals surface area (Å²) in [5.74, 6) is -75.9. The minimum absolute atomic E-state index is 0.0642. The minimum Gasteiger partial charge on any atom is -0.274 e. The van der Waals surface area contributed by atoms with Gasteiger partial charge in [0.2, 0.25) is 6.80 Å². The second kappa shape index (κ2) is 23.7. The molecule has 9 aromatic carbocycles. The first-order valence-electron chi connectivity index (χ1n) is 25.5. The monoisotopic (exact) mass is 1270 g/mol. The zero-order valence-electron chi connectivity index (χ0n) is 44.5. The van der Waals surface area contributed by atoms with E-state index in [0.29, 0.717) is 39.1 Å². The average molecular weight is 1270 g/mol. The summed E-state index contributed by atoms with van der Waals surface area (Å²) in [6.45, 7) is 4.02. The van der Waals surface area contributed by atoms with Crippen LogP contribution in [0, 0.1) is 151 Å². The molecule has 0 amide bonds. The van der Waals surface area contributed by atoms with Gasteiger partial charge in [-0.25, -0.2) is 114 Å². The van der Waals surface area contributed by atoms with Crippen LogP contribution in [0.5, 0.6) is 0 Å². The van der Waals surface area contributed by atoms with Crippen LogP contribution in [-0.4, -0.2) is 19.5 Å². The largest absolute Gasteiger partial charge is 0.274 e. The molecule has 0 saturated heterocycles. The molecule has 0 aliphatic heterocycles. The van der Waals surface area contributed by atoms with Crippen LogP contribution in [0.4, 0.5) is 124 Å². The number of halogens is 27. The van der Waals surface area contributed by atoms with Crippen LogP contribution in [0.15, 0.2) is 18.2 Å². The first kappa shape index (κ1) is 65.1. The van der Waals surface area contributed by atoms with Gasteiger partial charge in [0.25, 0.3) is 0 Å². The van der Waals surface area contributed by atoms with E-state index in [9.17, 15) is 13.2 Å². The Morgan fingerprint density at radius 3 is 0.724 bits per heavy atom. The lowest BCUT2D eigenvalue weighted by atomic mass is 9.11. The van der Waals surface area contributed by atoms with Crippen molar-refractivity contribution in [2.75, 3.05) is 13.3 Å². The Balaban J connectivity index is 0.000000617. The fourth-order valence-corrected chi connectivity index (χ4v) is 11.7. The number of aryl methyl sites for hydroxylation is 4. The first-order valence-corrected chi connectivity index (χ1v) is 25.5. The van der Waals surface area contributed by atoms with Gasteiger partial charge in [-0.2, -0.15) is 4.39 Å². The molecule has 0 aromatic heterocycles. The molecule has 0 heterocycles. The third kappa shape index (κ3) is 9.18. The van der Waals surface area contributed by atoms with Crippen molar-refractivity contribution in [2.45, 2.75) is 66.7 Å². The number of hydrogen-bond acceptors (Lipinski definition) is 0. The number of alkyl halides is 1. The molecule has 1 unspecified atom stereocenters. The molecule has 0 aliphatic rings. The number of hydrogen-bond donors (Lipinski definition) is 1. The predicted molar refractivity (Wildman–Crippen MR) is 265 cm³/mol. The van der Waals surface area contributed by atoms with E-state index in [1.165, 1.54) is 0 Å². The number of quaternary nitrogens is 1.